The fourth-order valence-electron chi connectivity index (χ4n) is 8.83. The molecule has 0 amide bonds. The van der Waals surface area contributed by atoms with Crippen LogP contribution in [0.4, 0.5) is 0 Å². The molecule has 264 valence electrons. The normalized spacial score (nSPS) is 12.4. The molecule has 1 aliphatic carbocycles. The third-order valence-electron chi connectivity index (χ3n) is 11.5. The zero-order valence-corrected chi connectivity index (χ0v) is 30.8. The molecule has 7 aromatic carbocycles. The largest absolute Gasteiger partial charge is 0.313 e. The standard InChI is InChI=1S/C53H37N3/c1-3-12-36(13-4-1)39-16-11-17-44(31-39)55-50-20-9-7-18-46(50)48-24-22-41(35-53(48)55)40-23-25-52-49(34-40)47-19-8-10-21-51(47)56(52)45-32-42(37-14-5-2-6-15-37)30-43(33-45)38-26-28-54-29-27-38/h1-9,11-20,22-35H,10,21H2. The average molecular weight is 716 g/mol. The minimum atomic E-state index is 0.990. The zero-order chi connectivity index (χ0) is 37.0. The summed E-state index contributed by atoms with van der Waals surface area (Å²) in [7, 11) is 0. The van der Waals surface area contributed by atoms with Crippen LogP contribution in [-0.4, -0.2) is 14.1 Å². The van der Waals surface area contributed by atoms with Crippen molar-refractivity contribution in [1.82, 2.24) is 14.1 Å². The Labute approximate surface area is 326 Å². The van der Waals surface area contributed by atoms with Gasteiger partial charge in [0.1, 0.15) is 0 Å². The summed E-state index contributed by atoms with van der Waals surface area (Å²) in [6.45, 7) is 0. The van der Waals surface area contributed by atoms with E-state index in [0.717, 1.165) is 24.1 Å². The van der Waals surface area contributed by atoms with Gasteiger partial charge in [0.15, 0.2) is 0 Å². The van der Waals surface area contributed by atoms with Gasteiger partial charge in [-0.05, 0) is 124 Å². The molecule has 0 unspecified atom stereocenters. The number of para-hydroxylation sites is 1. The Balaban J connectivity index is 1.09. The molecule has 0 spiro atoms. The number of pyridine rings is 1. The maximum absolute atomic E-state index is 4.30. The van der Waals surface area contributed by atoms with Gasteiger partial charge in [0.25, 0.3) is 0 Å². The molecule has 3 nitrogen and oxygen atoms in total. The molecule has 0 fully saturated rings. The van der Waals surface area contributed by atoms with Gasteiger partial charge in [0.05, 0.1) is 16.6 Å². The van der Waals surface area contributed by atoms with Crippen LogP contribution in [0.25, 0.3) is 94.7 Å². The minimum absolute atomic E-state index is 0.990. The molecule has 0 saturated heterocycles. The maximum atomic E-state index is 4.30. The third-order valence-corrected chi connectivity index (χ3v) is 11.5. The molecular formula is C53H37N3. The first kappa shape index (κ1) is 32.2. The summed E-state index contributed by atoms with van der Waals surface area (Å²) in [6.07, 6.45) is 10.4. The molecule has 0 radical (unpaired) electrons. The molecule has 56 heavy (non-hydrogen) atoms. The smallest absolute Gasteiger partial charge is 0.0547 e. The number of hydrogen-bond acceptors (Lipinski definition) is 1. The highest BCUT2D eigenvalue weighted by Crippen LogP contribution is 2.40. The number of hydrogen-bond donors (Lipinski definition) is 0. The second kappa shape index (κ2) is 13.3. The van der Waals surface area contributed by atoms with Gasteiger partial charge in [0, 0.05) is 51.2 Å². The second-order valence-corrected chi connectivity index (χ2v) is 14.7. The number of rotatable bonds is 6. The molecule has 0 bridgehead atoms. The van der Waals surface area contributed by atoms with Crippen molar-refractivity contribution >= 4 is 38.8 Å². The fraction of sp³-hybridized carbons (Fsp3) is 0.0377. The summed E-state index contributed by atoms with van der Waals surface area (Å²) < 4.78 is 4.94. The van der Waals surface area contributed by atoms with Gasteiger partial charge >= 0.3 is 0 Å². The van der Waals surface area contributed by atoms with E-state index in [1.54, 1.807) is 0 Å². The van der Waals surface area contributed by atoms with Gasteiger partial charge in [-0.3, -0.25) is 4.98 Å². The number of benzene rings is 7. The van der Waals surface area contributed by atoms with Gasteiger partial charge in [-0.2, -0.15) is 0 Å². The molecular weight excluding hydrogens is 679 g/mol. The van der Waals surface area contributed by atoms with Crippen LogP contribution in [0, 0.1) is 0 Å². The summed E-state index contributed by atoms with van der Waals surface area (Å²) in [6, 6.07) is 64.3. The van der Waals surface area contributed by atoms with E-state index in [-0.39, 0.29) is 0 Å². The van der Waals surface area contributed by atoms with Crippen LogP contribution >= 0.6 is 0 Å². The zero-order valence-electron chi connectivity index (χ0n) is 30.8. The molecule has 3 aromatic heterocycles. The van der Waals surface area contributed by atoms with Gasteiger partial charge < -0.3 is 9.13 Å². The molecule has 0 atom stereocenters. The summed E-state index contributed by atoms with van der Waals surface area (Å²) in [5.41, 5.74) is 18.2. The van der Waals surface area contributed by atoms with Gasteiger partial charge in [0.2, 0.25) is 0 Å². The summed E-state index contributed by atoms with van der Waals surface area (Å²) in [5.74, 6) is 0. The first-order valence-electron chi connectivity index (χ1n) is 19.4. The SMILES string of the molecule is C1=Cc2c(n(-c3cc(-c4ccccc4)cc(-c4ccncc4)c3)c3ccc(-c4ccc5c6ccccc6n(-c6cccc(-c7ccccc7)c6)c5c4)cc23)CC1. The predicted octanol–water partition coefficient (Wildman–Crippen LogP) is 13.7. The van der Waals surface area contributed by atoms with E-state index < -0.39 is 0 Å². The lowest BCUT2D eigenvalue weighted by molar-refractivity contribution is 0.889. The Kier molecular flexibility index (Phi) is 7.63. The predicted molar refractivity (Wildman–Crippen MR) is 235 cm³/mol. The topological polar surface area (TPSA) is 22.8 Å². The van der Waals surface area contributed by atoms with Crippen molar-refractivity contribution in [1.29, 1.82) is 0 Å². The molecule has 0 aliphatic heterocycles. The van der Waals surface area contributed by atoms with Crippen LogP contribution in [0.2, 0.25) is 0 Å². The van der Waals surface area contributed by atoms with Crippen LogP contribution < -0.4 is 0 Å². The van der Waals surface area contributed by atoms with Crippen molar-refractivity contribution in [2.45, 2.75) is 12.8 Å². The van der Waals surface area contributed by atoms with Crippen molar-refractivity contribution in [3.63, 3.8) is 0 Å². The Bertz CT molecular complexity index is 3050. The maximum Gasteiger partial charge on any atom is 0.0547 e. The van der Waals surface area contributed by atoms with E-state index >= 15 is 0 Å². The average Bonchev–Trinajstić information content (AvgIpc) is 3.79. The highest BCUT2D eigenvalue weighted by atomic mass is 15.0. The second-order valence-electron chi connectivity index (χ2n) is 14.7. The van der Waals surface area contributed by atoms with E-state index in [0.29, 0.717) is 0 Å². The van der Waals surface area contributed by atoms with Crippen molar-refractivity contribution in [3.8, 4) is 55.9 Å². The first-order chi connectivity index (χ1) is 27.8. The van der Waals surface area contributed by atoms with Crippen LogP contribution in [0.5, 0.6) is 0 Å². The lowest BCUT2D eigenvalue weighted by Gasteiger charge is -2.17. The molecule has 3 heterocycles. The summed E-state index contributed by atoms with van der Waals surface area (Å²) in [4.78, 5) is 4.30. The number of aromatic nitrogens is 3. The van der Waals surface area contributed by atoms with E-state index in [9.17, 15) is 0 Å². The summed E-state index contributed by atoms with van der Waals surface area (Å²) in [5, 5.41) is 3.79. The highest BCUT2D eigenvalue weighted by Gasteiger charge is 2.21. The van der Waals surface area contributed by atoms with Crippen molar-refractivity contribution in [2.24, 2.45) is 0 Å². The van der Waals surface area contributed by atoms with Crippen LogP contribution in [0.1, 0.15) is 17.7 Å². The van der Waals surface area contributed by atoms with E-state index in [2.05, 4.69) is 202 Å². The molecule has 0 N–H and O–H groups in total. The Hall–Kier alpha value is -7.23. The number of allylic oxidation sites excluding steroid dienone is 1. The monoisotopic (exact) mass is 715 g/mol. The lowest BCUT2D eigenvalue weighted by Crippen LogP contribution is -2.03. The quantitative estimate of drug-likeness (QED) is 0.168. The molecule has 3 heteroatoms. The molecule has 0 saturated carbocycles. The number of fused-ring (bicyclic) bond motifs is 6. The van der Waals surface area contributed by atoms with Gasteiger partial charge in [-0.1, -0.05) is 121 Å². The molecule has 10 aromatic rings. The number of nitrogens with zero attached hydrogens (tertiary/aromatic N) is 3. The van der Waals surface area contributed by atoms with E-state index in [1.807, 2.05) is 12.4 Å². The van der Waals surface area contributed by atoms with Gasteiger partial charge in [-0.15, -0.1) is 0 Å². The Morgan fingerprint density at radius 3 is 1.79 bits per heavy atom. The van der Waals surface area contributed by atoms with Crippen molar-refractivity contribution < 1.29 is 0 Å². The van der Waals surface area contributed by atoms with Crippen molar-refractivity contribution in [3.05, 3.63) is 206 Å². The molecule has 1 aliphatic rings. The first-order valence-corrected chi connectivity index (χ1v) is 19.4. The highest BCUT2D eigenvalue weighted by molar-refractivity contribution is 6.10. The van der Waals surface area contributed by atoms with Crippen LogP contribution in [-0.2, 0) is 6.42 Å². The Morgan fingerprint density at radius 2 is 0.982 bits per heavy atom. The van der Waals surface area contributed by atoms with Crippen LogP contribution in [0.15, 0.2) is 194 Å². The molecule has 11 rings (SSSR count). The summed E-state index contributed by atoms with van der Waals surface area (Å²) >= 11 is 0. The lowest BCUT2D eigenvalue weighted by atomic mass is 9.98. The Morgan fingerprint density at radius 1 is 0.375 bits per heavy atom. The van der Waals surface area contributed by atoms with Crippen molar-refractivity contribution in [2.75, 3.05) is 0 Å². The van der Waals surface area contributed by atoms with E-state index in [1.165, 1.54) is 88.6 Å². The van der Waals surface area contributed by atoms with E-state index in [4.69, 9.17) is 0 Å². The third kappa shape index (κ3) is 5.39. The van der Waals surface area contributed by atoms with Crippen LogP contribution in [0.3, 0.4) is 0 Å². The minimum Gasteiger partial charge on any atom is -0.313 e. The fourth-order valence-corrected chi connectivity index (χ4v) is 8.83. The van der Waals surface area contributed by atoms with Gasteiger partial charge in [-0.25, -0.2) is 0 Å².